The molecular formula is C15H8N2O2S2. The molecule has 0 atom stereocenters. The number of nitrogens with zero attached hydrogens (tertiary/aromatic N) is 1. The molecule has 0 aliphatic carbocycles. The number of carbonyl (C=O) groups is 1. The molecule has 1 fully saturated rings. The van der Waals surface area contributed by atoms with E-state index >= 15 is 0 Å². The Labute approximate surface area is 129 Å². The number of thioether (sulfide) groups is 1. The lowest BCUT2D eigenvalue weighted by Gasteiger charge is -1.96. The third-order valence-corrected chi connectivity index (χ3v) is 4.35. The van der Waals surface area contributed by atoms with E-state index in [4.69, 9.17) is 16.6 Å². The molecule has 0 radical (unpaired) electrons. The standard InChI is InChI=1S/C15H8N2O2S2/c18-14-12(21-15(20)17-14)6-9-5-8-7-16-11-4-2-1-3-10(11)13(8)19-9/h1-7H,(H,17,18,20)/b12-6-. The van der Waals surface area contributed by atoms with Gasteiger partial charge in [0, 0.05) is 23.0 Å². The highest BCUT2D eigenvalue weighted by atomic mass is 32.2. The van der Waals surface area contributed by atoms with Gasteiger partial charge in [-0.15, -0.1) is 0 Å². The summed E-state index contributed by atoms with van der Waals surface area (Å²) in [6.07, 6.45) is 3.48. The van der Waals surface area contributed by atoms with Crippen LogP contribution in [0.5, 0.6) is 0 Å². The molecule has 3 aromatic rings. The summed E-state index contributed by atoms with van der Waals surface area (Å²) in [5.74, 6) is 0.430. The van der Waals surface area contributed by atoms with E-state index < -0.39 is 0 Å². The fourth-order valence-electron chi connectivity index (χ4n) is 2.27. The van der Waals surface area contributed by atoms with E-state index in [1.165, 1.54) is 11.8 Å². The summed E-state index contributed by atoms with van der Waals surface area (Å²) < 4.78 is 6.34. The van der Waals surface area contributed by atoms with Crippen molar-refractivity contribution in [2.75, 3.05) is 0 Å². The minimum absolute atomic E-state index is 0.187. The molecule has 4 rings (SSSR count). The zero-order valence-corrected chi connectivity index (χ0v) is 12.3. The summed E-state index contributed by atoms with van der Waals surface area (Å²) in [7, 11) is 0. The van der Waals surface area contributed by atoms with E-state index in [1.807, 2.05) is 30.3 Å². The molecule has 2 aromatic heterocycles. The number of thiocarbonyl (C=S) groups is 1. The number of hydrogen-bond acceptors (Lipinski definition) is 5. The van der Waals surface area contributed by atoms with E-state index in [2.05, 4.69) is 10.3 Å². The first kappa shape index (κ1) is 12.6. The van der Waals surface area contributed by atoms with Crippen molar-refractivity contribution in [1.82, 2.24) is 10.3 Å². The largest absolute Gasteiger partial charge is 0.456 e. The van der Waals surface area contributed by atoms with Crippen LogP contribution in [0.3, 0.4) is 0 Å². The summed E-state index contributed by atoms with van der Waals surface area (Å²) in [6.45, 7) is 0. The van der Waals surface area contributed by atoms with E-state index in [-0.39, 0.29) is 5.91 Å². The van der Waals surface area contributed by atoms with Gasteiger partial charge in [-0.3, -0.25) is 9.78 Å². The molecule has 3 heterocycles. The zero-order chi connectivity index (χ0) is 14.4. The molecular weight excluding hydrogens is 304 g/mol. The van der Waals surface area contributed by atoms with Gasteiger partial charge < -0.3 is 9.73 Å². The van der Waals surface area contributed by atoms with Crippen LogP contribution in [-0.4, -0.2) is 15.2 Å². The Morgan fingerprint density at radius 2 is 2.19 bits per heavy atom. The molecule has 0 unspecified atom stereocenters. The van der Waals surface area contributed by atoms with Crippen LogP contribution in [0, 0.1) is 0 Å². The van der Waals surface area contributed by atoms with Crippen molar-refractivity contribution >= 4 is 62.2 Å². The second kappa shape index (κ2) is 4.68. The first-order valence-corrected chi connectivity index (χ1v) is 7.45. The van der Waals surface area contributed by atoms with Gasteiger partial charge in [0.25, 0.3) is 5.91 Å². The van der Waals surface area contributed by atoms with Crippen molar-refractivity contribution in [3.8, 4) is 0 Å². The zero-order valence-electron chi connectivity index (χ0n) is 10.6. The van der Waals surface area contributed by atoms with Crippen LogP contribution in [-0.2, 0) is 4.79 Å². The topological polar surface area (TPSA) is 55.1 Å². The molecule has 1 aromatic carbocycles. The number of benzene rings is 1. The van der Waals surface area contributed by atoms with Crippen molar-refractivity contribution in [2.45, 2.75) is 0 Å². The first-order chi connectivity index (χ1) is 10.2. The molecule has 1 amide bonds. The van der Waals surface area contributed by atoms with Gasteiger partial charge in [-0.2, -0.15) is 0 Å². The summed E-state index contributed by atoms with van der Waals surface area (Å²) in [5.41, 5.74) is 1.66. The Morgan fingerprint density at radius 1 is 1.33 bits per heavy atom. The molecule has 0 bridgehead atoms. The van der Waals surface area contributed by atoms with E-state index in [9.17, 15) is 4.79 Å². The Bertz CT molecular complexity index is 943. The van der Waals surface area contributed by atoms with Gasteiger partial charge >= 0.3 is 0 Å². The second-order valence-corrected chi connectivity index (χ2v) is 6.28. The van der Waals surface area contributed by atoms with E-state index in [1.54, 1.807) is 12.3 Å². The molecule has 6 heteroatoms. The number of carbonyl (C=O) groups excluding carboxylic acids is 1. The summed E-state index contributed by atoms with van der Waals surface area (Å²) in [6, 6.07) is 9.67. The highest BCUT2D eigenvalue weighted by Gasteiger charge is 2.22. The molecule has 1 saturated heterocycles. The lowest BCUT2D eigenvalue weighted by Crippen LogP contribution is -2.17. The normalized spacial score (nSPS) is 17.0. The molecule has 4 nitrogen and oxygen atoms in total. The molecule has 1 N–H and O–H groups in total. The molecule has 21 heavy (non-hydrogen) atoms. The molecule has 0 saturated carbocycles. The van der Waals surface area contributed by atoms with Crippen LogP contribution in [0.4, 0.5) is 0 Å². The van der Waals surface area contributed by atoms with Crippen molar-refractivity contribution in [2.24, 2.45) is 0 Å². The van der Waals surface area contributed by atoms with Crippen LogP contribution in [0.1, 0.15) is 5.76 Å². The first-order valence-electron chi connectivity index (χ1n) is 6.23. The maximum atomic E-state index is 11.7. The number of amides is 1. The maximum Gasteiger partial charge on any atom is 0.263 e. The number of hydrogen-bond donors (Lipinski definition) is 1. The van der Waals surface area contributed by atoms with Crippen LogP contribution in [0.25, 0.3) is 27.9 Å². The number of fused-ring (bicyclic) bond motifs is 3. The Kier molecular flexibility index (Phi) is 2.80. The van der Waals surface area contributed by atoms with E-state index in [0.29, 0.717) is 15.0 Å². The lowest BCUT2D eigenvalue weighted by molar-refractivity contribution is -0.115. The SMILES string of the molecule is O=C1NC(=S)S/C1=C\c1cc2cnc3ccccc3c2o1. The number of nitrogens with one attached hydrogen (secondary N) is 1. The Hall–Kier alpha value is -2.18. The van der Waals surface area contributed by atoms with Gasteiger partial charge in [-0.1, -0.05) is 36.1 Å². The van der Waals surface area contributed by atoms with Crippen LogP contribution in [0.15, 0.2) is 45.9 Å². The smallest absolute Gasteiger partial charge is 0.263 e. The van der Waals surface area contributed by atoms with Gasteiger partial charge in [-0.05, 0) is 18.2 Å². The highest BCUT2D eigenvalue weighted by Crippen LogP contribution is 2.30. The average molecular weight is 312 g/mol. The predicted octanol–water partition coefficient (Wildman–Crippen LogP) is 3.47. The quantitative estimate of drug-likeness (QED) is 0.551. The van der Waals surface area contributed by atoms with E-state index in [0.717, 1.165) is 21.9 Å². The van der Waals surface area contributed by atoms with Gasteiger partial charge in [0.2, 0.25) is 0 Å². The summed E-state index contributed by atoms with van der Waals surface area (Å²) in [5, 5.41) is 4.45. The van der Waals surface area contributed by atoms with Crippen LogP contribution in [0.2, 0.25) is 0 Å². The third-order valence-electron chi connectivity index (χ3n) is 3.19. The number of rotatable bonds is 1. The van der Waals surface area contributed by atoms with Crippen molar-refractivity contribution in [3.63, 3.8) is 0 Å². The fourth-order valence-corrected chi connectivity index (χ4v) is 3.29. The molecule has 102 valence electrons. The number of para-hydroxylation sites is 1. The van der Waals surface area contributed by atoms with Gasteiger partial charge in [0.05, 0.1) is 10.4 Å². The fraction of sp³-hybridized carbons (Fsp3) is 0. The lowest BCUT2D eigenvalue weighted by atomic mass is 10.2. The average Bonchev–Trinajstić information content (AvgIpc) is 3.02. The van der Waals surface area contributed by atoms with Gasteiger partial charge in [-0.25, -0.2) is 0 Å². The number of pyridine rings is 1. The summed E-state index contributed by atoms with van der Waals surface area (Å²) >= 11 is 6.20. The van der Waals surface area contributed by atoms with Crippen LogP contribution < -0.4 is 5.32 Å². The predicted molar refractivity (Wildman–Crippen MR) is 87.8 cm³/mol. The third kappa shape index (κ3) is 2.12. The minimum Gasteiger partial charge on any atom is -0.456 e. The van der Waals surface area contributed by atoms with Crippen molar-refractivity contribution < 1.29 is 9.21 Å². The number of furan rings is 1. The molecule has 1 aliphatic rings. The molecule has 1 aliphatic heterocycles. The second-order valence-electron chi connectivity index (χ2n) is 4.56. The monoisotopic (exact) mass is 312 g/mol. The summed E-state index contributed by atoms with van der Waals surface area (Å²) in [4.78, 5) is 16.6. The Balaban J connectivity index is 1.88. The van der Waals surface area contributed by atoms with Gasteiger partial charge in [0.15, 0.2) is 0 Å². The highest BCUT2D eigenvalue weighted by molar-refractivity contribution is 8.26. The van der Waals surface area contributed by atoms with Crippen molar-refractivity contribution in [3.05, 3.63) is 47.2 Å². The Morgan fingerprint density at radius 3 is 3.00 bits per heavy atom. The number of aromatic nitrogens is 1. The maximum absolute atomic E-state index is 11.7. The minimum atomic E-state index is -0.187. The van der Waals surface area contributed by atoms with Gasteiger partial charge in [0.1, 0.15) is 15.7 Å². The van der Waals surface area contributed by atoms with Crippen LogP contribution >= 0.6 is 24.0 Å². The van der Waals surface area contributed by atoms with Crippen molar-refractivity contribution in [1.29, 1.82) is 0 Å². The molecule has 0 spiro atoms.